The van der Waals surface area contributed by atoms with E-state index in [1.54, 1.807) is 0 Å². The average molecular weight is 152 g/mol. The number of rotatable bonds is 2. The molecule has 0 aliphatic heterocycles. The topological polar surface area (TPSA) is 27.8 Å². The number of aryl methyl sites for hydroxylation is 2. The summed E-state index contributed by atoms with van der Waals surface area (Å²) < 4.78 is 0. The maximum Gasteiger partial charge on any atom is 0.0444 e. The molecule has 0 radical (unpaired) electrons. The molecular formula is C9H16N2. The zero-order chi connectivity index (χ0) is 8.43. The first-order valence-electron chi connectivity index (χ1n) is 3.98. The lowest BCUT2D eigenvalue weighted by molar-refractivity contribution is 0.632. The first kappa shape index (κ1) is 8.34. The molecule has 0 fully saturated rings. The molecule has 0 bridgehead atoms. The lowest BCUT2D eigenvalue weighted by atomic mass is 10.1. The van der Waals surface area contributed by atoms with E-state index >= 15 is 0 Å². The first-order chi connectivity index (χ1) is 5.15. The Bertz CT molecular complexity index is 238. The van der Waals surface area contributed by atoms with Crippen molar-refractivity contribution in [2.24, 2.45) is 0 Å². The maximum atomic E-state index is 3.33. The molecule has 1 atom stereocenters. The molecule has 11 heavy (non-hydrogen) atoms. The van der Waals surface area contributed by atoms with E-state index < -0.39 is 0 Å². The predicted octanol–water partition coefficient (Wildman–Crippen LogP) is 1.91. The van der Waals surface area contributed by atoms with Gasteiger partial charge in [0.25, 0.3) is 0 Å². The largest absolute Gasteiger partial charge is 0.361 e. The normalized spacial score (nSPS) is 13.5. The minimum Gasteiger partial charge on any atom is -0.361 e. The quantitative estimate of drug-likeness (QED) is 0.665. The van der Waals surface area contributed by atoms with E-state index in [1.165, 1.54) is 17.0 Å². The Hall–Kier alpha value is -0.760. The molecule has 1 heterocycles. The van der Waals surface area contributed by atoms with Gasteiger partial charge in [-0.3, -0.25) is 0 Å². The molecule has 2 nitrogen and oxygen atoms in total. The fourth-order valence-corrected chi connectivity index (χ4v) is 1.34. The zero-order valence-corrected chi connectivity index (χ0v) is 7.65. The molecular weight excluding hydrogens is 136 g/mol. The van der Waals surface area contributed by atoms with E-state index in [4.69, 9.17) is 0 Å². The van der Waals surface area contributed by atoms with Gasteiger partial charge in [0, 0.05) is 17.4 Å². The second kappa shape index (κ2) is 3.09. The van der Waals surface area contributed by atoms with Crippen molar-refractivity contribution >= 4 is 0 Å². The van der Waals surface area contributed by atoms with Gasteiger partial charge in [0.15, 0.2) is 0 Å². The highest BCUT2D eigenvalue weighted by Crippen LogP contribution is 2.16. The van der Waals surface area contributed by atoms with Crippen LogP contribution in [0.5, 0.6) is 0 Å². The zero-order valence-electron chi connectivity index (χ0n) is 7.65. The van der Waals surface area contributed by atoms with Crippen LogP contribution in [-0.2, 0) is 0 Å². The van der Waals surface area contributed by atoms with Crippen LogP contribution in [-0.4, -0.2) is 12.0 Å². The van der Waals surface area contributed by atoms with Crippen LogP contribution < -0.4 is 5.32 Å². The van der Waals surface area contributed by atoms with Crippen molar-refractivity contribution in [3.63, 3.8) is 0 Å². The number of aromatic nitrogens is 1. The van der Waals surface area contributed by atoms with Crippen LogP contribution in [0.15, 0.2) is 6.07 Å². The third-order valence-electron chi connectivity index (χ3n) is 2.06. The molecule has 0 saturated carbocycles. The third-order valence-corrected chi connectivity index (χ3v) is 2.06. The highest BCUT2D eigenvalue weighted by atomic mass is 14.9. The minimum atomic E-state index is 0.420. The average Bonchev–Trinajstić information content (AvgIpc) is 2.28. The van der Waals surface area contributed by atoms with Crippen molar-refractivity contribution in [3.05, 3.63) is 23.0 Å². The molecule has 0 amide bonds. The van der Waals surface area contributed by atoms with Gasteiger partial charge in [-0.1, -0.05) is 0 Å². The standard InChI is InChI=1S/C9H16N2/c1-6-5-7(2)11-9(6)8(3)10-4/h5,8,10-11H,1-4H3. The maximum absolute atomic E-state index is 3.33. The fraction of sp³-hybridized carbons (Fsp3) is 0.556. The second-order valence-electron chi connectivity index (χ2n) is 3.06. The summed E-state index contributed by atoms with van der Waals surface area (Å²) in [7, 11) is 1.97. The molecule has 2 heteroatoms. The van der Waals surface area contributed by atoms with E-state index in [2.05, 4.69) is 37.1 Å². The van der Waals surface area contributed by atoms with E-state index in [0.29, 0.717) is 6.04 Å². The number of aromatic amines is 1. The van der Waals surface area contributed by atoms with Gasteiger partial charge in [-0.15, -0.1) is 0 Å². The minimum absolute atomic E-state index is 0.420. The van der Waals surface area contributed by atoms with E-state index in [1.807, 2.05) is 7.05 Å². The molecule has 0 aromatic carbocycles. The van der Waals surface area contributed by atoms with Gasteiger partial charge in [0.05, 0.1) is 0 Å². The lowest BCUT2D eigenvalue weighted by Gasteiger charge is -2.08. The summed E-state index contributed by atoms with van der Waals surface area (Å²) in [5.41, 5.74) is 3.87. The molecule has 62 valence electrons. The van der Waals surface area contributed by atoms with Crippen molar-refractivity contribution in [3.8, 4) is 0 Å². The van der Waals surface area contributed by atoms with Gasteiger partial charge >= 0.3 is 0 Å². The number of H-pyrrole nitrogens is 1. The Labute approximate surface area is 68.0 Å². The summed E-state index contributed by atoms with van der Waals surface area (Å²) in [6, 6.07) is 2.59. The molecule has 0 aliphatic rings. The molecule has 0 spiro atoms. The second-order valence-corrected chi connectivity index (χ2v) is 3.06. The Kier molecular flexibility index (Phi) is 2.35. The summed E-state index contributed by atoms with van der Waals surface area (Å²) in [5.74, 6) is 0. The van der Waals surface area contributed by atoms with Gasteiger partial charge < -0.3 is 10.3 Å². The Morgan fingerprint density at radius 1 is 1.45 bits per heavy atom. The Morgan fingerprint density at radius 3 is 2.45 bits per heavy atom. The summed E-state index contributed by atoms with van der Waals surface area (Å²) in [6.45, 7) is 6.36. The van der Waals surface area contributed by atoms with Crippen LogP contribution in [0.3, 0.4) is 0 Å². The Balaban J connectivity index is 2.93. The van der Waals surface area contributed by atoms with Crippen LogP contribution in [0, 0.1) is 13.8 Å². The van der Waals surface area contributed by atoms with Crippen LogP contribution in [0.4, 0.5) is 0 Å². The van der Waals surface area contributed by atoms with Crippen LogP contribution >= 0.6 is 0 Å². The van der Waals surface area contributed by atoms with Gasteiger partial charge in [-0.2, -0.15) is 0 Å². The van der Waals surface area contributed by atoms with Crippen molar-refractivity contribution in [1.82, 2.24) is 10.3 Å². The summed E-state index contributed by atoms with van der Waals surface area (Å²) in [4.78, 5) is 3.33. The Morgan fingerprint density at radius 2 is 2.09 bits per heavy atom. The van der Waals surface area contributed by atoms with Crippen molar-refractivity contribution < 1.29 is 0 Å². The van der Waals surface area contributed by atoms with Crippen LogP contribution in [0.1, 0.15) is 29.9 Å². The van der Waals surface area contributed by atoms with Gasteiger partial charge in [-0.25, -0.2) is 0 Å². The molecule has 1 unspecified atom stereocenters. The van der Waals surface area contributed by atoms with Crippen molar-refractivity contribution in [2.75, 3.05) is 7.05 Å². The fourth-order valence-electron chi connectivity index (χ4n) is 1.34. The SMILES string of the molecule is CNC(C)c1[nH]c(C)cc1C. The lowest BCUT2D eigenvalue weighted by Crippen LogP contribution is -2.13. The molecule has 1 aromatic heterocycles. The highest BCUT2D eigenvalue weighted by molar-refractivity contribution is 5.25. The predicted molar refractivity (Wildman–Crippen MR) is 47.7 cm³/mol. The van der Waals surface area contributed by atoms with Crippen LogP contribution in [0.2, 0.25) is 0 Å². The number of hydrogen-bond donors (Lipinski definition) is 2. The number of hydrogen-bond acceptors (Lipinski definition) is 1. The summed E-state index contributed by atoms with van der Waals surface area (Å²) in [5, 5.41) is 3.20. The number of nitrogens with one attached hydrogen (secondary N) is 2. The molecule has 2 N–H and O–H groups in total. The van der Waals surface area contributed by atoms with Gasteiger partial charge in [-0.05, 0) is 39.4 Å². The monoisotopic (exact) mass is 152 g/mol. The molecule has 1 aromatic rings. The van der Waals surface area contributed by atoms with Crippen molar-refractivity contribution in [1.29, 1.82) is 0 Å². The highest BCUT2D eigenvalue weighted by Gasteiger charge is 2.07. The summed E-state index contributed by atoms with van der Waals surface area (Å²) >= 11 is 0. The van der Waals surface area contributed by atoms with E-state index in [9.17, 15) is 0 Å². The van der Waals surface area contributed by atoms with Crippen LogP contribution in [0.25, 0.3) is 0 Å². The molecule has 0 saturated heterocycles. The molecule has 0 aliphatic carbocycles. The van der Waals surface area contributed by atoms with E-state index in [0.717, 1.165) is 0 Å². The first-order valence-corrected chi connectivity index (χ1v) is 3.98. The van der Waals surface area contributed by atoms with Gasteiger partial charge in [0.1, 0.15) is 0 Å². The van der Waals surface area contributed by atoms with E-state index in [-0.39, 0.29) is 0 Å². The summed E-state index contributed by atoms with van der Waals surface area (Å²) in [6.07, 6.45) is 0. The smallest absolute Gasteiger partial charge is 0.0444 e. The molecule has 1 rings (SSSR count). The van der Waals surface area contributed by atoms with Crippen molar-refractivity contribution in [2.45, 2.75) is 26.8 Å². The third kappa shape index (κ3) is 1.63. The van der Waals surface area contributed by atoms with Gasteiger partial charge in [0.2, 0.25) is 0 Å².